The van der Waals surface area contributed by atoms with Crippen LogP contribution < -0.4 is 11.1 Å². The number of hydrogen-bond acceptors (Lipinski definition) is 2. The first kappa shape index (κ1) is 14.0. The number of rotatable bonds is 4. The molecule has 94 valence electrons. The highest BCUT2D eigenvalue weighted by molar-refractivity contribution is 9.10. The highest BCUT2D eigenvalue weighted by Crippen LogP contribution is 2.19. The summed E-state index contributed by atoms with van der Waals surface area (Å²) in [6.07, 6.45) is 0.917. The molecule has 0 aromatic heterocycles. The second kappa shape index (κ2) is 6.05. The number of carbonyl (C=O) groups excluding carboxylic acids is 1. The van der Waals surface area contributed by atoms with Gasteiger partial charge in [-0.05, 0) is 30.5 Å². The van der Waals surface area contributed by atoms with Gasteiger partial charge in [-0.25, -0.2) is 0 Å². The molecule has 0 spiro atoms. The van der Waals surface area contributed by atoms with Crippen LogP contribution in [0.2, 0.25) is 0 Å². The minimum atomic E-state index is -0.101. The normalized spacial score (nSPS) is 12.5. The number of amides is 1. The standard InChI is InChI=1S/C13H19BrN2O/c1-4-12(8(2)3)16-13(17)10-6-5-9(14)7-11(10)15/h5-8,12H,4,15H2,1-3H3,(H,16,17). The molecule has 0 aliphatic heterocycles. The molecule has 0 aliphatic rings. The van der Waals surface area contributed by atoms with E-state index >= 15 is 0 Å². The fourth-order valence-corrected chi connectivity index (χ4v) is 2.11. The van der Waals surface area contributed by atoms with Crippen molar-refractivity contribution in [2.24, 2.45) is 5.92 Å². The number of hydrogen-bond donors (Lipinski definition) is 2. The molecule has 0 radical (unpaired) electrons. The van der Waals surface area contributed by atoms with Crippen LogP contribution >= 0.6 is 15.9 Å². The number of benzene rings is 1. The van der Waals surface area contributed by atoms with Gasteiger partial charge in [-0.2, -0.15) is 0 Å². The molecular weight excluding hydrogens is 280 g/mol. The maximum Gasteiger partial charge on any atom is 0.253 e. The molecule has 3 nitrogen and oxygen atoms in total. The van der Waals surface area contributed by atoms with Crippen molar-refractivity contribution in [1.82, 2.24) is 5.32 Å². The lowest BCUT2D eigenvalue weighted by atomic mass is 10.0. The molecule has 4 heteroatoms. The van der Waals surface area contributed by atoms with E-state index in [0.717, 1.165) is 10.9 Å². The Morgan fingerprint density at radius 3 is 2.59 bits per heavy atom. The zero-order valence-electron chi connectivity index (χ0n) is 10.5. The van der Waals surface area contributed by atoms with Crippen LogP contribution in [-0.4, -0.2) is 11.9 Å². The summed E-state index contributed by atoms with van der Waals surface area (Å²) in [6, 6.07) is 5.49. The van der Waals surface area contributed by atoms with E-state index in [1.54, 1.807) is 12.1 Å². The molecule has 17 heavy (non-hydrogen) atoms. The molecule has 1 rings (SSSR count). The Morgan fingerprint density at radius 1 is 1.47 bits per heavy atom. The summed E-state index contributed by atoms with van der Waals surface area (Å²) in [5.74, 6) is 0.316. The fraction of sp³-hybridized carbons (Fsp3) is 0.462. The van der Waals surface area contributed by atoms with Crippen molar-refractivity contribution in [3.8, 4) is 0 Å². The SMILES string of the molecule is CCC(NC(=O)c1ccc(Br)cc1N)C(C)C. The van der Waals surface area contributed by atoms with Crippen molar-refractivity contribution >= 4 is 27.5 Å². The second-order valence-corrected chi connectivity index (χ2v) is 5.38. The average molecular weight is 299 g/mol. The van der Waals surface area contributed by atoms with Gasteiger partial charge in [0.2, 0.25) is 0 Å². The van der Waals surface area contributed by atoms with E-state index < -0.39 is 0 Å². The highest BCUT2D eigenvalue weighted by Gasteiger charge is 2.16. The van der Waals surface area contributed by atoms with Gasteiger partial charge in [0.25, 0.3) is 5.91 Å². The molecule has 0 saturated carbocycles. The highest BCUT2D eigenvalue weighted by atomic mass is 79.9. The van der Waals surface area contributed by atoms with Gasteiger partial charge < -0.3 is 11.1 Å². The van der Waals surface area contributed by atoms with Crippen LogP contribution in [0.4, 0.5) is 5.69 Å². The summed E-state index contributed by atoms with van der Waals surface area (Å²) < 4.78 is 0.877. The van der Waals surface area contributed by atoms with Gasteiger partial charge in [0.1, 0.15) is 0 Å². The summed E-state index contributed by atoms with van der Waals surface area (Å²) in [5.41, 5.74) is 6.86. The molecule has 1 aromatic rings. The number of anilines is 1. The smallest absolute Gasteiger partial charge is 0.253 e. The largest absolute Gasteiger partial charge is 0.398 e. The van der Waals surface area contributed by atoms with Crippen LogP contribution in [-0.2, 0) is 0 Å². The molecule has 0 bridgehead atoms. The Morgan fingerprint density at radius 2 is 2.12 bits per heavy atom. The first-order chi connectivity index (χ1) is 7.95. The van der Waals surface area contributed by atoms with E-state index in [9.17, 15) is 4.79 Å². The molecule has 0 heterocycles. The fourth-order valence-electron chi connectivity index (χ4n) is 1.73. The van der Waals surface area contributed by atoms with Crippen LogP contribution in [0.25, 0.3) is 0 Å². The van der Waals surface area contributed by atoms with E-state index in [-0.39, 0.29) is 11.9 Å². The summed E-state index contributed by atoms with van der Waals surface area (Å²) in [5, 5.41) is 3.01. The van der Waals surface area contributed by atoms with Crippen molar-refractivity contribution < 1.29 is 4.79 Å². The first-order valence-electron chi connectivity index (χ1n) is 5.81. The van der Waals surface area contributed by atoms with E-state index in [0.29, 0.717) is 17.2 Å². The van der Waals surface area contributed by atoms with Crippen LogP contribution in [0, 0.1) is 5.92 Å². The van der Waals surface area contributed by atoms with Crippen molar-refractivity contribution in [1.29, 1.82) is 0 Å². The number of nitrogen functional groups attached to an aromatic ring is 1. The Hall–Kier alpha value is -1.03. The zero-order valence-corrected chi connectivity index (χ0v) is 12.0. The van der Waals surface area contributed by atoms with Gasteiger partial charge in [-0.1, -0.05) is 36.7 Å². The number of carbonyl (C=O) groups is 1. The third-order valence-corrected chi connectivity index (χ3v) is 3.31. The summed E-state index contributed by atoms with van der Waals surface area (Å²) in [7, 11) is 0. The number of halogens is 1. The molecule has 1 unspecified atom stereocenters. The average Bonchev–Trinajstić information content (AvgIpc) is 2.24. The third-order valence-electron chi connectivity index (χ3n) is 2.82. The monoisotopic (exact) mass is 298 g/mol. The van der Waals surface area contributed by atoms with Crippen LogP contribution in [0.3, 0.4) is 0 Å². The minimum absolute atomic E-state index is 0.101. The van der Waals surface area contributed by atoms with Gasteiger partial charge in [0, 0.05) is 16.2 Å². The van der Waals surface area contributed by atoms with Gasteiger partial charge in [-0.15, -0.1) is 0 Å². The Bertz CT molecular complexity index is 404. The predicted octanol–water partition coefficient (Wildman–Crippen LogP) is 3.20. The maximum atomic E-state index is 12.0. The van der Waals surface area contributed by atoms with Crippen molar-refractivity contribution in [3.05, 3.63) is 28.2 Å². The maximum absolute atomic E-state index is 12.0. The molecule has 1 atom stereocenters. The van der Waals surface area contributed by atoms with Gasteiger partial charge in [-0.3, -0.25) is 4.79 Å². The number of nitrogens with one attached hydrogen (secondary N) is 1. The first-order valence-corrected chi connectivity index (χ1v) is 6.60. The van der Waals surface area contributed by atoms with E-state index in [2.05, 4.69) is 42.0 Å². The summed E-state index contributed by atoms with van der Waals surface area (Å²) in [6.45, 7) is 6.26. The molecule has 1 aromatic carbocycles. The Kier molecular flexibility index (Phi) is 5.00. The lowest BCUT2D eigenvalue weighted by Crippen LogP contribution is -2.38. The van der Waals surface area contributed by atoms with Crippen molar-refractivity contribution in [2.45, 2.75) is 33.2 Å². The van der Waals surface area contributed by atoms with Gasteiger partial charge in [0.05, 0.1) is 5.56 Å². The van der Waals surface area contributed by atoms with Crippen molar-refractivity contribution in [3.63, 3.8) is 0 Å². The molecule has 3 N–H and O–H groups in total. The van der Waals surface area contributed by atoms with Crippen LogP contribution in [0.15, 0.2) is 22.7 Å². The molecule has 1 amide bonds. The number of nitrogens with two attached hydrogens (primary N) is 1. The van der Waals surface area contributed by atoms with E-state index in [1.807, 2.05) is 6.07 Å². The lowest BCUT2D eigenvalue weighted by molar-refractivity contribution is 0.0925. The van der Waals surface area contributed by atoms with Crippen LogP contribution in [0.1, 0.15) is 37.6 Å². The molecule has 0 aliphatic carbocycles. The lowest BCUT2D eigenvalue weighted by Gasteiger charge is -2.21. The second-order valence-electron chi connectivity index (χ2n) is 4.46. The Balaban J connectivity index is 2.82. The minimum Gasteiger partial charge on any atom is -0.398 e. The molecule has 0 fully saturated rings. The van der Waals surface area contributed by atoms with E-state index in [1.165, 1.54) is 0 Å². The molecule has 0 saturated heterocycles. The predicted molar refractivity (Wildman–Crippen MR) is 74.9 cm³/mol. The van der Waals surface area contributed by atoms with Crippen molar-refractivity contribution in [2.75, 3.05) is 5.73 Å². The topological polar surface area (TPSA) is 55.1 Å². The zero-order chi connectivity index (χ0) is 13.0. The van der Waals surface area contributed by atoms with Gasteiger partial charge >= 0.3 is 0 Å². The van der Waals surface area contributed by atoms with Crippen LogP contribution in [0.5, 0.6) is 0 Å². The van der Waals surface area contributed by atoms with Gasteiger partial charge in [0.15, 0.2) is 0 Å². The summed E-state index contributed by atoms with van der Waals surface area (Å²) >= 11 is 3.32. The summed E-state index contributed by atoms with van der Waals surface area (Å²) in [4.78, 5) is 12.0. The Labute approximate surface area is 111 Å². The quantitative estimate of drug-likeness (QED) is 0.839. The third kappa shape index (κ3) is 3.73. The van der Waals surface area contributed by atoms with E-state index in [4.69, 9.17) is 5.73 Å². The molecular formula is C13H19BrN2O.